The lowest BCUT2D eigenvalue weighted by Crippen LogP contribution is -2.35. The van der Waals surface area contributed by atoms with E-state index in [1.807, 2.05) is 27.7 Å². The molecule has 2 rings (SSSR count). The van der Waals surface area contributed by atoms with E-state index in [0.29, 0.717) is 6.54 Å². The van der Waals surface area contributed by atoms with Crippen molar-refractivity contribution >= 4 is 28.6 Å². The van der Waals surface area contributed by atoms with E-state index in [9.17, 15) is 4.79 Å². The summed E-state index contributed by atoms with van der Waals surface area (Å²) in [5, 5.41) is 6.16. The zero-order chi connectivity index (χ0) is 14.8. The predicted molar refractivity (Wildman–Crippen MR) is 86.3 cm³/mol. The average molecular weight is 308 g/mol. The largest absolute Gasteiger partial charge is 0.355 e. The third-order valence-electron chi connectivity index (χ3n) is 2.87. The van der Waals surface area contributed by atoms with Crippen LogP contribution in [0, 0.1) is 12.3 Å². The summed E-state index contributed by atoms with van der Waals surface area (Å²) in [5.74, 6) is 0.101. The fraction of sp³-hybridized carbons (Fsp3) is 0.467. The highest BCUT2D eigenvalue weighted by molar-refractivity contribution is 7.16. The first kappa shape index (κ1) is 15.2. The minimum absolute atomic E-state index is 0.101. The zero-order valence-electron chi connectivity index (χ0n) is 12.3. The number of carbonyl (C=O) groups excluding carboxylic acids is 1. The fourth-order valence-corrected chi connectivity index (χ4v) is 3.35. The molecule has 5 heteroatoms. The van der Waals surface area contributed by atoms with Crippen LogP contribution in [0.5, 0.6) is 0 Å². The Morgan fingerprint density at radius 1 is 1.35 bits per heavy atom. The van der Waals surface area contributed by atoms with Gasteiger partial charge in [-0.25, -0.2) is 4.98 Å². The van der Waals surface area contributed by atoms with Gasteiger partial charge in [-0.15, -0.1) is 22.7 Å². The predicted octanol–water partition coefficient (Wildman–Crippen LogP) is 3.88. The second-order valence-electron chi connectivity index (χ2n) is 5.77. The molecule has 0 bridgehead atoms. The van der Waals surface area contributed by atoms with Crippen molar-refractivity contribution < 1.29 is 4.79 Å². The summed E-state index contributed by atoms with van der Waals surface area (Å²) in [6, 6.07) is 4.23. The molecule has 2 heterocycles. The van der Waals surface area contributed by atoms with Crippen LogP contribution in [-0.2, 0) is 11.2 Å². The minimum atomic E-state index is -0.321. The van der Waals surface area contributed by atoms with Crippen LogP contribution < -0.4 is 5.32 Å². The summed E-state index contributed by atoms with van der Waals surface area (Å²) in [6.45, 7) is 8.49. The van der Waals surface area contributed by atoms with Gasteiger partial charge in [0.1, 0.15) is 0 Å². The monoisotopic (exact) mass is 308 g/mol. The first-order chi connectivity index (χ1) is 9.36. The summed E-state index contributed by atoms with van der Waals surface area (Å²) >= 11 is 3.42. The van der Waals surface area contributed by atoms with Crippen molar-refractivity contribution in [2.24, 2.45) is 5.41 Å². The lowest BCUT2D eigenvalue weighted by atomic mass is 9.96. The van der Waals surface area contributed by atoms with Crippen LogP contribution in [-0.4, -0.2) is 17.4 Å². The number of thiazole rings is 1. The Morgan fingerprint density at radius 3 is 2.70 bits per heavy atom. The van der Waals surface area contributed by atoms with Gasteiger partial charge in [0, 0.05) is 22.2 Å². The van der Waals surface area contributed by atoms with Crippen molar-refractivity contribution in [1.29, 1.82) is 0 Å². The molecule has 2 aromatic heterocycles. The van der Waals surface area contributed by atoms with E-state index in [0.717, 1.165) is 17.1 Å². The van der Waals surface area contributed by atoms with E-state index < -0.39 is 0 Å². The number of hydrogen-bond acceptors (Lipinski definition) is 4. The van der Waals surface area contributed by atoms with Crippen LogP contribution >= 0.6 is 22.7 Å². The Kier molecular flexibility index (Phi) is 4.60. The van der Waals surface area contributed by atoms with Gasteiger partial charge in [0.2, 0.25) is 5.91 Å². The molecule has 1 N–H and O–H groups in total. The summed E-state index contributed by atoms with van der Waals surface area (Å²) < 4.78 is 0. The van der Waals surface area contributed by atoms with Gasteiger partial charge >= 0.3 is 0 Å². The number of nitrogens with zero attached hydrogens (tertiary/aromatic N) is 1. The van der Waals surface area contributed by atoms with Crippen LogP contribution in [0.1, 0.15) is 30.7 Å². The van der Waals surface area contributed by atoms with Crippen LogP contribution in [0.25, 0.3) is 10.6 Å². The molecule has 0 fully saturated rings. The molecule has 0 radical (unpaired) electrons. The van der Waals surface area contributed by atoms with E-state index in [4.69, 9.17) is 0 Å². The molecule has 0 atom stereocenters. The quantitative estimate of drug-likeness (QED) is 0.931. The van der Waals surface area contributed by atoms with E-state index in [1.54, 1.807) is 22.7 Å². The number of nitrogens with one attached hydrogen (secondary N) is 1. The molecule has 2 aromatic rings. The van der Waals surface area contributed by atoms with E-state index in [2.05, 4.69) is 27.8 Å². The number of aryl methyl sites for hydroxylation is 1. The Labute approximate surface area is 128 Å². The molecule has 0 aliphatic carbocycles. The third kappa shape index (κ3) is 3.90. The summed E-state index contributed by atoms with van der Waals surface area (Å²) in [5.41, 5.74) is 0.737. The first-order valence-corrected chi connectivity index (χ1v) is 8.35. The van der Waals surface area contributed by atoms with Crippen molar-refractivity contribution in [2.45, 2.75) is 34.1 Å². The maximum atomic E-state index is 11.8. The van der Waals surface area contributed by atoms with Crippen LogP contribution in [0.3, 0.4) is 0 Å². The summed E-state index contributed by atoms with van der Waals surface area (Å²) in [7, 11) is 0. The Morgan fingerprint density at radius 2 is 2.10 bits per heavy atom. The van der Waals surface area contributed by atoms with Gasteiger partial charge in [0.15, 0.2) is 0 Å². The molecule has 0 saturated heterocycles. The van der Waals surface area contributed by atoms with Gasteiger partial charge in [0.25, 0.3) is 0 Å². The second-order valence-corrected chi connectivity index (χ2v) is 8.00. The lowest BCUT2D eigenvalue weighted by Gasteiger charge is -2.17. The van der Waals surface area contributed by atoms with Crippen molar-refractivity contribution in [3.63, 3.8) is 0 Å². The first-order valence-electron chi connectivity index (χ1n) is 6.66. The third-order valence-corrected chi connectivity index (χ3v) is 4.81. The highest BCUT2D eigenvalue weighted by Crippen LogP contribution is 2.29. The van der Waals surface area contributed by atoms with Gasteiger partial charge < -0.3 is 5.32 Å². The highest BCUT2D eigenvalue weighted by atomic mass is 32.1. The average Bonchev–Trinajstić information content (AvgIpc) is 2.96. The highest BCUT2D eigenvalue weighted by Gasteiger charge is 2.20. The van der Waals surface area contributed by atoms with Gasteiger partial charge in [-0.1, -0.05) is 20.8 Å². The van der Waals surface area contributed by atoms with Crippen LogP contribution in [0.2, 0.25) is 0 Å². The molecular weight excluding hydrogens is 288 g/mol. The molecule has 0 aromatic carbocycles. The number of carbonyl (C=O) groups is 1. The maximum absolute atomic E-state index is 11.8. The van der Waals surface area contributed by atoms with E-state index in [-0.39, 0.29) is 11.3 Å². The Balaban J connectivity index is 1.89. The number of hydrogen-bond donors (Lipinski definition) is 1. The number of thiophene rings is 1. The molecule has 0 saturated carbocycles. The molecule has 1 amide bonds. The van der Waals surface area contributed by atoms with Gasteiger partial charge in [-0.05, 0) is 25.5 Å². The SMILES string of the molecule is Cc1nc(-c2ccc(CCNC(=O)C(C)(C)C)s2)cs1. The fourth-order valence-electron chi connectivity index (χ4n) is 1.69. The number of aromatic nitrogens is 1. The lowest BCUT2D eigenvalue weighted by molar-refractivity contribution is -0.128. The second kappa shape index (κ2) is 6.06. The molecule has 108 valence electrons. The topological polar surface area (TPSA) is 42.0 Å². The van der Waals surface area contributed by atoms with E-state index >= 15 is 0 Å². The summed E-state index contributed by atoms with van der Waals surface area (Å²) in [6.07, 6.45) is 0.871. The number of rotatable bonds is 4. The zero-order valence-corrected chi connectivity index (χ0v) is 14.0. The molecule has 20 heavy (non-hydrogen) atoms. The van der Waals surface area contributed by atoms with Crippen molar-refractivity contribution in [3.8, 4) is 10.6 Å². The summed E-state index contributed by atoms with van der Waals surface area (Å²) in [4.78, 5) is 18.7. The van der Waals surface area contributed by atoms with E-state index in [1.165, 1.54) is 9.75 Å². The van der Waals surface area contributed by atoms with Crippen molar-refractivity contribution in [3.05, 3.63) is 27.4 Å². The Hall–Kier alpha value is -1.20. The standard InChI is InChI=1S/C15H20N2OS2/c1-10-17-12(9-19-10)13-6-5-11(20-13)7-8-16-14(18)15(2,3)4/h5-6,9H,7-8H2,1-4H3,(H,16,18). The minimum Gasteiger partial charge on any atom is -0.355 e. The molecule has 3 nitrogen and oxygen atoms in total. The normalized spacial score (nSPS) is 11.6. The van der Waals surface area contributed by atoms with Gasteiger partial charge in [0.05, 0.1) is 15.6 Å². The molecule has 0 aliphatic heterocycles. The molecule has 0 unspecified atom stereocenters. The molecule has 0 aliphatic rings. The maximum Gasteiger partial charge on any atom is 0.225 e. The smallest absolute Gasteiger partial charge is 0.225 e. The Bertz CT molecular complexity index is 593. The van der Waals surface area contributed by atoms with Crippen molar-refractivity contribution in [2.75, 3.05) is 6.54 Å². The van der Waals surface area contributed by atoms with Crippen LogP contribution in [0.15, 0.2) is 17.5 Å². The van der Waals surface area contributed by atoms with Crippen LogP contribution in [0.4, 0.5) is 0 Å². The number of amides is 1. The van der Waals surface area contributed by atoms with Gasteiger partial charge in [-0.3, -0.25) is 4.79 Å². The molecule has 0 spiro atoms. The van der Waals surface area contributed by atoms with Crippen molar-refractivity contribution in [1.82, 2.24) is 10.3 Å². The molecular formula is C15H20N2OS2. The van der Waals surface area contributed by atoms with Gasteiger partial charge in [-0.2, -0.15) is 0 Å².